The lowest BCUT2D eigenvalue weighted by atomic mass is 9.91. The van der Waals surface area contributed by atoms with Crippen molar-refractivity contribution in [1.29, 1.82) is 0 Å². The molecule has 0 atom stereocenters. The minimum atomic E-state index is -4.98. The number of aromatic nitrogens is 1. The SMILES string of the molecule is NC(=O)c1ccc2c(C(=O)C(F)(F)F)cn(N3CCC(Cc4ccccc4)CC3)c2c1. The van der Waals surface area contributed by atoms with Crippen LogP contribution in [0.4, 0.5) is 13.2 Å². The van der Waals surface area contributed by atoms with E-state index >= 15 is 0 Å². The van der Waals surface area contributed by atoms with Gasteiger partial charge in [0.05, 0.1) is 11.1 Å². The highest BCUT2D eigenvalue weighted by atomic mass is 19.4. The van der Waals surface area contributed by atoms with Crippen molar-refractivity contribution >= 4 is 22.6 Å². The Bertz CT molecular complexity index is 1110. The Hall–Kier alpha value is -3.29. The summed E-state index contributed by atoms with van der Waals surface area (Å²) in [6.45, 7) is 1.25. The number of carbonyl (C=O) groups excluding carboxylic acids is 2. The number of carbonyl (C=O) groups is 2. The lowest BCUT2D eigenvalue weighted by molar-refractivity contribution is -0.0884. The predicted molar refractivity (Wildman–Crippen MR) is 112 cm³/mol. The molecule has 162 valence electrons. The number of primary amides is 1. The number of nitrogens with zero attached hydrogens (tertiary/aromatic N) is 2. The summed E-state index contributed by atoms with van der Waals surface area (Å²) in [5.74, 6) is -2.11. The number of nitrogens with two attached hydrogens (primary N) is 1. The summed E-state index contributed by atoms with van der Waals surface area (Å²) in [7, 11) is 0. The van der Waals surface area contributed by atoms with Crippen molar-refractivity contribution in [2.24, 2.45) is 11.7 Å². The molecule has 3 aromatic rings. The van der Waals surface area contributed by atoms with Crippen LogP contribution in [-0.2, 0) is 6.42 Å². The highest BCUT2D eigenvalue weighted by molar-refractivity contribution is 6.11. The minimum absolute atomic E-state index is 0.152. The molecule has 5 nitrogen and oxygen atoms in total. The molecule has 0 saturated carbocycles. The van der Waals surface area contributed by atoms with Crippen LogP contribution >= 0.6 is 0 Å². The zero-order valence-electron chi connectivity index (χ0n) is 16.7. The lowest BCUT2D eigenvalue weighted by Crippen LogP contribution is -2.41. The van der Waals surface area contributed by atoms with Crippen molar-refractivity contribution in [2.75, 3.05) is 18.1 Å². The standard InChI is InChI=1S/C23H22F3N3O2/c24-23(25,26)21(30)19-14-29(20-13-17(22(27)31)6-7-18(19)20)28-10-8-16(9-11-28)12-15-4-2-1-3-5-15/h1-7,13-14,16H,8-12H2,(H2,27,31). The topological polar surface area (TPSA) is 68.3 Å². The summed E-state index contributed by atoms with van der Waals surface area (Å²) in [6.07, 6.45) is -1.07. The Kier molecular flexibility index (Phi) is 5.47. The van der Waals surface area contributed by atoms with Gasteiger partial charge in [0.25, 0.3) is 5.78 Å². The first-order chi connectivity index (χ1) is 14.7. The second-order valence-corrected chi connectivity index (χ2v) is 7.90. The second kappa shape index (κ2) is 8.09. The maximum Gasteiger partial charge on any atom is 0.454 e. The van der Waals surface area contributed by atoms with E-state index in [4.69, 9.17) is 5.73 Å². The van der Waals surface area contributed by atoms with Crippen molar-refractivity contribution in [3.05, 3.63) is 71.4 Å². The van der Waals surface area contributed by atoms with Crippen molar-refractivity contribution in [3.63, 3.8) is 0 Å². The maximum absolute atomic E-state index is 13.1. The monoisotopic (exact) mass is 429 g/mol. The van der Waals surface area contributed by atoms with Crippen LogP contribution in [-0.4, -0.2) is 35.6 Å². The number of rotatable bonds is 5. The minimum Gasteiger partial charge on any atom is -0.366 e. The van der Waals surface area contributed by atoms with Crippen molar-refractivity contribution in [2.45, 2.75) is 25.4 Å². The second-order valence-electron chi connectivity index (χ2n) is 7.90. The van der Waals surface area contributed by atoms with Crippen LogP contribution in [0.2, 0.25) is 0 Å². The van der Waals surface area contributed by atoms with Gasteiger partial charge in [0.2, 0.25) is 5.91 Å². The van der Waals surface area contributed by atoms with Gasteiger partial charge in [-0.3, -0.25) is 14.3 Å². The van der Waals surface area contributed by atoms with Crippen molar-refractivity contribution < 1.29 is 22.8 Å². The van der Waals surface area contributed by atoms with Gasteiger partial charge in [-0.15, -0.1) is 0 Å². The average Bonchev–Trinajstić information content (AvgIpc) is 3.12. The first kappa shape index (κ1) is 21.0. The molecule has 1 aromatic heterocycles. The number of alkyl halides is 3. The number of hydrogen-bond donors (Lipinski definition) is 1. The van der Waals surface area contributed by atoms with Gasteiger partial charge in [0.1, 0.15) is 0 Å². The Morgan fingerprint density at radius 2 is 1.71 bits per heavy atom. The molecule has 1 amide bonds. The number of fused-ring (bicyclic) bond motifs is 1. The molecule has 1 fully saturated rings. The molecule has 1 saturated heterocycles. The maximum atomic E-state index is 13.1. The molecule has 0 unspecified atom stereocenters. The number of ketones is 1. The molecule has 1 aliphatic heterocycles. The number of Topliss-reactive ketones (excluding diaryl/α,β-unsaturated/α-hetero) is 1. The molecule has 0 bridgehead atoms. The molecule has 0 aliphatic carbocycles. The van der Waals surface area contributed by atoms with Crippen LogP contribution in [0.3, 0.4) is 0 Å². The third-order valence-electron chi connectivity index (χ3n) is 5.84. The molecule has 0 spiro atoms. The van der Waals surface area contributed by atoms with Gasteiger partial charge < -0.3 is 10.7 Å². The Balaban J connectivity index is 1.63. The van der Waals surface area contributed by atoms with E-state index in [1.54, 1.807) is 4.68 Å². The van der Waals surface area contributed by atoms with E-state index in [0.717, 1.165) is 19.3 Å². The van der Waals surface area contributed by atoms with Crippen LogP contribution in [0, 0.1) is 5.92 Å². The van der Waals surface area contributed by atoms with E-state index in [0.29, 0.717) is 24.5 Å². The van der Waals surface area contributed by atoms with Crippen LogP contribution in [0.1, 0.15) is 39.1 Å². The number of halogens is 3. The van der Waals surface area contributed by atoms with Gasteiger partial charge in [-0.05, 0) is 42.9 Å². The van der Waals surface area contributed by atoms with E-state index in [1.807, 2.05) is 23.2 Å². The molecule has 2 aromatic carbocycles. The van der Waals surface area contributed by atoms with Gasteiger partial charge in [0.15, 0.2) is 0 Å². The Labute approximate surface area is 177 Å². The summed E-state index contributed by atoms with van der Waals surface area (Å²) < 4.78 is 41.0. The quantitative estimate of drug-likeness (QED) is 0.622. The zero-order chi connectivity index (χ0) is 22.2. The molecule has 4 rings (SSSR count). The first-order valence-corrected chi connectivity index (χ1v) is 10.1. The molecular weight excluding hydrogens is 407 g/mol. The summed E-state index contributed by atoms with van der Waals surface area (Å²) in [5.41, 5.74) is 6.73. The van der Waals surface area contributed by atoms with E-state index < -0.39 is 23.4 Å². The van der Waals surface area contributed by atoms with Crippen LogP contribution < -0.4 is 10.7 Å². The van der Waals surface area contributed by atoms with Gasteiger partial charge in [-0.25, -0.2) is 0 Å². The summed E-state index contributed by atoms with van der Waals surface area (Å²) in [6, 6.07) is 14.3. The van der Waals surface area contributed by atoms with Gasteiger partial charge in [0, 0.05) is 30.2 Å². The average molecular weight is 429 g/mol. The lowest BCUT2D eigenvalue weighted by Gasteiger charge is -2.35. The smallest absolute Gasteiger partial charge is 0.366 e. The molecule has 8 heteroatoms. The highest BCUT2D eigenvalue weighted by Gasteiger charge is 2.41. The van der Waals surface area contributed by atoms with E-state index in [2.05, 4.69) is 12.1 Å². The molecule has 0 radical (unpaired) electrons. The van der Waals surface area contributed by atoms with E-state index in [-0.39, 0.29) is 10.9 Å². The summed E-state index contributed by atoms with van der Waals surface area (Å²) in [4.78, 5) is 23.6. The number of amides is 1. The van der Waals surface area contributed by atoms with E-state index in [1.165, 1.54) is 30.0 Å². The number of hydrogen-bond acceptors (Lipinski definition) is 3. The number of benzene rings is 2. The van der Waals surface area contributed by atoms with Gasteiger partial charge in [-0.2, -0.15) is 13.2 Å². The van der Waals surface area contributed by atoms with E-state index in [9.17, 15) is 22.8 Å². The molecule has 2 N–H and O–H groups in total. The fourth-order valence-electron chi connectivity index (χ4n) is 4.22. The summed E-state index contributed by atoms with van der Waals surface area (Å²) in [5, 5.41) is 2.07. The third-order valence-corrected chi connectivity index (χ3v) is 5.84. The van der Waals surface area contributed by atoms with Crippen LogP contribution in [0.15, 0.2) is 54.7 Å². The molecule has 1 aliphatic rings. The fourth-order valence-corrected chi connectivity index (χ4v) is 4.22. The van der Waals surface area contributed by atoms with Gasteiger partial charge >= 0.3 is 6.18 Å². The molecule has 31 heavy (non-hydrogen) atoms. The highest BCUT2D eigenvalue weighted by Crippen LogP contribution is 2.31. The van der Waals surface area contributed by atoms with Crippen molar-refractivity contribution in [3.8, 4) is 0 Å². The molecule has 2 heterocycles. The summed E-state index contributed by atoms with van der Waals surface area (Å²) >= 11 is 0. The van der Waals surface area contributed by atoms with Crippen LogP contribution in [0.25, 0.3) is 10.9 Å². The van der Waals surface area contributed by atoms with Gasteiger partial charge in [-0.1, -0.05) is 36.4 Å². The Morgan fingerprint density at radius 1 is 1.03 bits per heavy atom. The first-order valence-electron chi connectivity index (χ1n) is 10.1. The zero-order valence-corrected chi connectivity index (χ0v) is 16.7. The third kappa shape index (κ3) is 4.28. The largest absolute Gasteiger partial charge is 0.454 e. The Morgan fingerprint density at radius 3 is 2.32 bits per heavy atom. The van der Waals surface area contributed by atoms with Crippen LogP contribution in [0.5, 0.6) is 0 Å². The predicted octanol–water partition coefficient (Wildman–Crippen LogP) is 4.08. The molecular formula is C23H22F3N3O2. The van der Waals surface area contributed by atoms with Crippen molar-refractivity contribution in [1.82, 2.24) is 4.68 Å². The normalized spacial score (nSPS) is 15.4. The fraction of sp³-hybridized carbons (Fsp3) is 0.304. The number of piperidine rings is 1.